The Hall–Kier alpha value is -2.08. The topological polar surface area (TPSA) is 72.0 Å². The van der Waals surface area contributed by atoms with Crippen molar-refractivity contribution in [1.29, 1.82) is 0 Å². The van der Waals surface area contributed by atoms with Gasteiger partial charge in [0, 0.05) is 20.1 Å². The molecule has 0 amide bonds. The van der Waals surface area contributed by atoms with Crippen molar-refractivity contribution >= 4 is 11.9 Å². The summed E-state index contributed by atoms with van der Waals surface area (Å²) in [5.41, 5.74) is 1.62. The standard InChI is InChI=1S/C20H31N3O3/c1-21-20(22-13-14-26-18-7-5-3-4-6-8-18)23-15-16-9-11-17(12-10-16)19(24)25-2/h9-12,18H,3-8,13-15H2,1-2H3,(H2,21,22,23). The molecule has 0 radical (unpaired) electrons. The maximum absolute atomic E-state index is 11.4. The highest BCUT2D eigenvalue weighted by atomic mass is 16.5. The maximum Gasteiger partial charge on any atom is 0.337 e. The van der Waals surface area contributed by atoms with Crippen LogP contribution in [0.25, 0.3) is 0 Å². The highest BCUT2D eigenvalue weighted by Crippen LogP contribution is 2.19. The van der Waals surface area contributed by atoms with E-state index < -0.39 is 0 Å². The van der Waals surface area contributed by atoms with E-state index in [9.17, 15) is 4.79 Å². The summed E-state index contributed by atoms with van der Waals surface area (Å²) in [6, 6.07) is 7.34. The molecule has 144 valence electrons. The number of ether oxygens (including phenoxy) is 2. The Bertz CT molecular complexity index is 564. The number of methoxy groups -OCH3 is 1. The third kappa shape index (κ3) is 7.04. The number of hydrogen-bond acceptors (Lipinski definition) is 4. The number of rotatable bonds is 7. The molecule has 0 unspecified atom stereocenters. The molecule has 0 saturated heterocycles. The Labute approximate surface area is 156 Å². The summed E-state index contributed by atoms with van der Waals surface area (Å²) in [5.74, 6) is 0.419. The number of nitrogens with zero attached hydrogens (tertiary/aromatic N) is 1. The minimum atomic E-state index is -0.323. The molecule has 1 aromatic carbocycles. The monoisotopic (exact) mass is 361 g/mol. The quantitative estimate of drug-likeness (QED) is 0.257. The van der Waals surface area contributed by atoms with E-state index in [2.05, 4.69) is 15.6 Å². The van der Waals surface area contributed by atoms with Crippen LogP contribution >= 0.6 is 0 Å². The normalized spacial score (nSPS) is 16.0. The van der Waals surface area contributed by atoms with Crippen molar-refractivity contribution in [3.05, 3.63) is 35.4 Å². The van der Waals surface area contributed by atoms with E-state index in [1.165, 1.54) is 45.6 Å². The van der Waals surface area contributed by atoms with Gasteiger partial charge in [-0.1, -0.05) is 37.8 Å². The van der Waals surface area contributed by atoms with Crippen LogP contribution in [0.15, 0.2) is 29.3 Å². The minimum absolute atomic E-state index is 0.323. The zero-order chi connectivity index (χ0) is 18.6. The molecule has 0 aliphatic heterocycles. The van der Waals surface area contributed by atoms with Crippen molar-refractivity contribution in [3.63, 3.8) is 0 Å². The highest BCUT2D eigenvalue weighted by Gasteiger charge is 2.12. The Kier molecular flexibility index (Phi) is 8.96. The summed E-state index contributed by atoms with van der Waals surface area (Å²) in [4.78, 5) is 15.7. The smallest absolute Gasteiger partial charge is 0.337 e. The molecule has 0 atom stereocenters. The summed E-state index contributed by atoms with van der Waals surface area (Å²) < 4.78 is 10.7. The van der Waals surface area contributed by atoms with Crippen LogP contribution in [0.1, 0.15) is 54.4 Å². The molecule has 0 spiro atoms. The Morgan fingerprint density at radius 3 is 2.42 bits per heavy atom. The number of esters is 1. The number of carbonyl (C=O) groups is 1. The van der Waals surface area contributed by atoms with Gasteiger partial charge >= 0.3 is 5.97 Å². The Balaban J connectivity index is 1.66. The Morgan fingerprint density at radius 1 is 1.12 bits per heavy atom. The second-order valence-corrected chi connectivity index (χ2v) is 6.53. The molecular formula is C20H31N3O3. The number of nitrogens with one attached hydrogen (secondary N) is 2. The number of benzene rings is 1. The van der Waals surface area contributed by atoms with Crippen LogP contribution in [-0.2, 0) is 16.0 Å². The second kappa shape index (κ2) is 11.5. The number of carbonyl (C=O) groups excluding carboxylic acids is 1. The van der Waals surface area contributed by atoms with E-state index in [1.54, 1.807) is 19.2 Å². The van der Waals surface area contributed by atoms with Crippen LogP contribution < -0.4 is 10.6 Å². The van der Waals surface area contributed by atoms with Gasteiger partial charge in [0.05, 0.1) is 25.4 Å². The molecule has 0 bridgehead atoms. The summed E-state index contributed by atoms with van der Waals surface area (Å²) in [5, 5.41) is 6.54. The minimum Gasteiger partial charge on any atom is -0.465 e. The molecule has 1 fully saturated rings. The van der Waals surface area contributed by atoms with E-state index >= 15 is 0 Å². The van der Waals surface area contributed by atoms with E-state index in [0.29, 0.717) is 24.8 Å². The molecule has 2 N–H and O–H groups in total. The van der Waals surface area contributed by atoms with Crippen LogP contribution in [0.5, 0.6) is 0 Å². The van der Waals surface area contributed by atoms with Gasteiger partial charge in [-0.25, -0.2) is 4.79 Å². The molecule has 26 heavy (non-hydrogen) atoms. The van der Waals surface area contributed by atoms with Gasteiger partial charge in [0.15, 0.2) is 5.96 Å². The van der Waals surface area contributed by atoms with Gasteiger partial charge in [-0.05, 0) is 30.5 Å². The van der Waals surface area contributed by atoms with Crippen molar-refractivity contribution in [1.82, 2.24) is 10.6 Å². The van der Waals surface area contributed by atoms with Gasteiger partial charge in [-0.15, -0.1) is 0 Å². The van der Waals surface area contributed by atoms with E-state index in [0.717, 1.165) is 18.1 Å². The van der Waals surface area contributed by atoms with Crippen molar-refractivity contribution in [2.75, 3.05) is 27.3 Å². The first-order valence-electron chi connectivity index (χ1n) is 9.46. The summed E-state index contributed by atoms with van der Waals surface area (Å²) in [6.07, 6.45) is 8.06. The molecule has 6 heteroatoms. The van der Waals surface area contributed by atoms with Crippen molar-refractivity contribution < 1.29 is 14.3 Å². The fourth-order valence-electron chi connectivity index (χ4n) is 3.09. The predicted molar refractivity (Wildman–Crippen MR) is 103 cm³/mol. The van der Waals surface area contributed by atoms with Gasteiger partial charge < -0.3 is 20.1 Å². The van der Waals surface area contributed by atoms with Gasteiger partial charge in [-0.2, -0.15) is 0 Å². The average molecular weight is 361 g/mol. The van der Waals surface area contributed by atoms with Crippen LogP contribution in [0, 0.1) is 0 Å². The SMILES string of the molecule is CN=C(NCCOC1CCCCCC1)NCc1ccc(C(=O)OC)cc1. The first-order chi connectivity index (χ1) is 12.7. The second-order valence-electron chi connectivity index (χ2n) is 6.53. The lowest BCUT2D eigenvalue weighted by Crippen LogP contribution is -2.38. The zero-order valence-electron chi connectivity index (χ0n) is 15.9. The molecule has 2 rings (SSSR count). The lowest BCUT2D eigenvalue weighted by atomic mass is 10.1. The first-order valence-corrected chi connectivity index (χ1v) is 9.46. The first kappa shape index (κ1) is 20.2. The molecular weight excluding hydrogens is 330 g/mol. The van der Waals surface area contributed by atoms with Gasteiger partial charge in [0.25, 0.3) is 0 Å². The van der Waals surface area contributed by atoms with E-state index in [1.807, 2.05) is 12.1 Å². The summed E-state index contributed by atoms with van der Waals surface area (Å²) in [6.45, 7) is 2.06. The van der Waals surface area contributed by atoms with Gasteiger partial charge in [-0.3, -0.25) is 4.99 Å². The lowest BCUT2D eigenvalue weighted by molar-refractivity contribution is 0.0468. The highest BCUT2D eigenvalue weighted by molar-refractivity contribution is 5.89. The van der Waals surface area contributed by atoms with Crippen molar-refractivity contribution in [2.24, 2.45) is 4.99 Å². The number of aliphatic imine (C=N–C) groups is 1. The molecule has 1 aromatic rings. The average Bonchev–Trinajstić information content (AvgIpc) is 2.96. The van der Waals surface area contributed by atoms with Gasteiger partial charge in [0.1, 0.15) is 0 Å². The van der Waals surface area contributed by atoms with Gasteiger partial charge in [0.2, 0.25) is 0 Å². The third-order valence-electron chi connectivity index (χ3n) is 4.61. The largest absolute Gasteiger partial charge is 0.465 e. The fourth-order valence-corrected chi connectivity index (χ4v) is 3.09. The number of guanidine groups is 1. The van der Waals surface area contributed by atoms with Crippen LogP contribution in [-0.4, -0.2) is 45.3 Å². The van der Waals surface area contributed by atoms with Crippen LogP contribution in [0.3, 0.4) is 0 Å². The molecule has 6 nitrogen and oxygen atoms in total. The van der Waals surface area contributed by atoms with Crippen LogP contribution in [0.2, 0.25) is 0 Å². The molecule has 0 heterocycles. The molecule has 1 aliphatic carbocycles. The van der Waals surface area contributed by atoms with Crippen molar-refractivity contribution in [3.8, 4) is 0 Å². The maximum atomic E-state index is 11.4. The Morgan fingerprint density at radius 2 is 1.81 bits per heavy atom. The summed E-state index contributed by atoms with van der Waals surface area (Å²) in [7, 11) is 3.13. The van der Waals surface area contributed by atoms with E-state index in [4.69, 9.17) is 9.47 Å². The summed E-state index contributed by atoms with van der Waals surface area (Å²) >= 11 is 0. The third-order valence-corrected chi connectivity index (χ3v) is 4.61. The molecule has 1 saturated carbocycles. The zero-order valence-corrected chi connectivity index (χ0v) is 15.9. The lowest BCUT2D eigenvalue weighted by Gasteiger charge is -2.17. The molecule has 1 aliphatic rings. The van der Waals surface area contributed by atoms with E-state index in [-0.39, 0.29) is 5.97 Å². The number of hydrogen-bond donors (Lipinski definition) is 2. The predicted octanol–water partition coefficient (Wildman–Crippen LogP) is 2.88. The molecule has 0 aromatic heterocycles. The van der Waals surface area contributed by atoms with Crippen molar-refractivity contribution in [2.45, 2.75) is 51.2 Å². The fraction of sp³-hybridized carbons (Fsp3) is 0.600. The van der Waals surface area contributed by atoms with Crippen LogP contribution in [0.4, 0.5) is 0 Å².